The first-order valence-electron chi connectivity index (χ1n) is 7.89. The van der Waals surface area contributed by atoms with E-state index in [2.05, 4.69) is 5.32 Å². The maximum absolute atomic E-state index is 12.2. The van der Waals surface area contributed by atoms with Gasteiger partial charge in [0, 0.05) is 5.02 Å². The quantitative estimate of drug-likeness (QED) is 0.731. The van der Waals surface area contributed by atoms with Gasteiger partial charge in [0.25, 0.3) is 5.91 Å². The minimum atomic E-state index is -1.05. The summed E-state index contributed by atoms with van der Waals surface area (Å²) in [6.07, 6.45) is -1.05. The fourth-order valence-electron chi connectivity index (χ4n) is 2.06. The lowest BCUT2D eigenvalue weighted by Crippen LogP contribution is -2.31. The molecule has 1 N–H and O–H groups in total. The lowest BCUT2D eigenvalue weighted by Gasteiger charge is -2.15. The van der Waals surface area contributed by atoms with E-state index in [4.69, 9.17) is 31.1 Å². The molecule has 0 radical (unpaired) electrons. The molecule has 140 valence electrons. The zero-order valence-electron chi connectivity index (χ0n) is 14.7. The van der Waals surface area contributed by atoms with Crippen molar-refractivity contribution < 1.29 is 23.8 Å². The van der Waals surface area contributed by atoms with Gasteiger partial charge in [-0.25, -0.2) is 4.79 Å². The van der Waals surface area contributed by atoms with Crippen molar-refractivity contribution in [1.82, 2.24) is 0 Å². The van der Waals surface area contributed by atoms with Gasteiger partial charge in [0.15, 0.2) is 12.7 Å². The molecule has 0 aliphatic rings. The number of nitrogens with zero attached hydrogens (tertiary/aromatic N) is 1. The molecule has 0 aliphatic heterocycles. The monoisotopic (exact) mass is 388 g/mol. The third kappa shape index (κ3) is 5.90. The van der Waals surface area contributed by atoms with Crippen LogP contribution >= 0.6 is 11.6 Å². The highest BCUT2D eigenvalue weighted by atomic mass is 35.5. The fourth-order valence-corrected chi connectivity index (χ4v) is 2.24. The number of nitriles is 1. The van der Waals surface area contributed by atoms with Crippen molar-refractivity contribution in [2.24, 2.45) is 0 Å². The molecular formula is C19H17ClN2O5. The molecule has 0 fully saturated rings. The predicted octanol–water partition coefficient (Wildman–Crippen LogP) is 3.17. The van der Waals surface area contributed by atoms with Crippen LogP contribution in [0.15, 0.2) is 42.5 Å². The summed E-state index contributed by atoms with van der Waals surface area (Å²) >= 11 is 5.91. The van der Waals surface area contributed by atoms with E-state index in [1.54, 1.807) is 36.4 Å². The molecule has 0 aromatic heterocycles. The van der Waals surface area contributed by atoms with E-state index in [-0.39, 0.29) is 6.61 Å². The normalized spacial score (nSPS) is 11.0. The molecule has 0 saturated heterocycles. The minimum absolute atomic E-state index is 0.367. The van der Waals surface area contributed by atoms with Crippen LogP contribution < -0.4 is 14.8 Å². The van der Waals surface area contributed by atoms with E-state index < -0.39 is 18.0 Å². The number of anilines is 1. The van der Waals surface area contributed by atoms with Gasteiger partial charge in [-0.2, -0.15) is 5.26 Å². The van der Waals surface area contributed by atoms with Crippen molar-refractivity contribution in [3.05, 3.63) is 53.1 Å². The molecule has 7 nitrogen and oxygen atoms in total. The number of halogens is 1. The van der Waals surface area contributed by atoms with E-state index >= 15 is 0 Å². The highest BCUT2D eigenvalue weighted by Crippen LogP contribution is 2.27. The van der Waals surface area contributed by atoms with Crippen molar-refractivity contribution >= 4 is 29.2 Å². The molecule has 2 aromatic rings. The number of nitrogens with one attached hydrogen (secondary N) is 1. The van der Waals surface area contributed by atoms with E-state index in [1.165, 1.54) is 20.1 Å². The van der Waals surface area contributed by atoms with Gasteiger partial charge in [0.1, 0.15) is 11.5 Å². The second-order valence-electron chi connectivity index (χ2n) is 5.39. The summed E-state index contributed by atoms with van der Waals surface area (Å²) in [5.74, 6) is -0.412. The molecule has 8 heteroatoms. The van der Waals surface area contributed by atoms with Crippen molar-refractivity contribution in [1.29, 1.82) is 5.26 Å². The van der Waals surface area contributed by atoms with Gasteiger partial charge in [0.05, 0.1) is 24.4 Å². The highest BCUT2D eigenvalue weighted by Gasteiger charge is 2.19. The Morgan fingerprint density at radius 1 is 1.22 bits per heavy atom. The van der Waals surface area contributed by atoms with Crippen LogP contribution in [0.4, 0.5) is 5.69 Å². The standard InChI is InChI=1S/C19H17ClN2O5/c1-12(19(24)22-16-9-14(20)5-8-17(16)25-2)27-18(23)11-26-15-6-3-13(10-21)4-7-15/h3-9,12H,11H2,1-2H3,(H,22,24)/t12-/m1/s1. The van der Waals surface area contributed by atoms with Gasteiger partial charge in [-0.05, 0) is 49.4 Å². The summed E-state index contributed by atoms with van der Waals surface area (Å²) in [4.78, 5) is 24.1. The molecule has 0 heterocycles. The zero-order valence-corrected chi connectivity index (χ0v) is 15.4. The van der Waals surface area contributed by atoms with Crippen LogP contribution in [0.1, 0.15) is 12.5 Å². The van der Waals surface area contributed by atoms with E-state index in [0.29, 0.717) is 27.8 Å². The maximum Gasteiger partial charge on any atom is 0.344 e. The molecule has 1 amide bonds. The Bertz CT molecular complexity index is 861. The van der Waals surface area contributed by atoms with E-state index in [9.17, 15) is 9.59 Å². The van der Waals surface area contributed by atoms with Crippen LogP contribution in [0.25, 0.3) is 0 Å². The summed E-state index contributed by atoms with van der Waals surface area (Å²) < 4.78 is 15.5. The van der Waals surface area contributed by atoms with Crippen molar-refractivity contribution in [3.8, 4) is 17.6 Å². The smallest absolute Gasteiger partial charge is 0.344 e. The Labute approximate surface area is 161 Å². The minimum Gasteiger partial charge on any atom is -0.495 e. The first-order chi connectivity index (χ1) is 12.9. The average molecular weight is 389 g/mol. The van der Waals surface area contributed by atoms with Crippen LogP contribution in [0.5, 0.6) is 11.5 Å². The molecule has 0 unspecified atom stereocenters. The van der Waals surface area contributed by atoms with Gasteiger partial charge in [0.2, 0.25) is 0 Å². The second-order valence-corrected chi connectivity index (χ2v) is 5.83. The second kappa shape index (κ2) is 9.46. The maximum atomic E-state index is 12.2. The summed E-state index contributed by atoms with van der Waals surface area (Å²) in [5.41, 5.74) is 0.846. The molecule has 0 saturated carbocycles. The number of amides is 1. The molecule has 2 aromatic carbocycles. The molecule has 27 heavy (non-hydrogen) atoms. The first kappa shape index (κ1) is 20.1. The number of hydrogen-bond donors (Lipinski definition) is 1. The Balaban J connectivity index is 1.87. The molecular weight excluding hydrogens is 372 g/mol. The lowest BCUT2D eigenvalue weighted by atomic mass is 10.2. The van der Waals surface area contributed by atoms with Crippen molar-refractivity contribution in [2.45, 2.75) is 13.0 Å². The predicted molar refractivity (Wildman–Crippen MR) is 98.8 cm³/mol. The number of carbonyl (C=O) groups is 2. The molecule has 0 aliphatic carbocycles. The Morgan fingerprint density at radius 3 is 2.56 bits per heavy atom. The number of carbonyl (C=O) groups excluding carboxylic acids is 2. The van der Waals surface area contributed by atoms with Gasteiger partial charge in [-0.1, -0.05) is 11.6 Å². The van der Waals surface area contributed by atoms with Crippen LogP contribution in [-0.2, 0) is 14.3 Å². The van der Waals surface area contributed by atoms with Gasteiger partial charge in [-0.15, -0.1) is 0 Å². The Hall–Kier alpha value is -3.24. The van der Waals surface area contributed by atoms with Gasteiger partial charge in [-0.3, -0.25) is 4.79 Å². The molecule has 0 spiro atoms. The number of benzene rings is 2. The average Bonchev–Trinajstić information content (AvgIpc) is 2.67. The van der Waals surface area contributed by atoms with Crippen molar-refractivity contribution in [3.63, 3.8) is 0 Å². The molecule has 0 bridgehead atoms. The SMILES string of the molecule is COc1ccc(Cl)cc1NC(=O)[C@@H](C)OC(=O)COc1ccc(C#N)cc1. The van der Waals surface area contributed by atoms with Crippen molar-refractivity contribution in [2.75, 3.05) is 19.0 Å². The largest absolute Gasteiger partial charge is 0.495 e. The first-order valence-corrected chi connectivity index (χ1v) is 8.27. The summed E-state index contributed by atoms with van der Waals surface area (Å²) in [7, 11) is 1.46. The summed E-state index contributed by atoms with van der Waals surface area (Å²) in [6.45, 7) is 1.07. The van der Waals surface area contributed by atoms with Crippen LogP contribution in [0.3, 0.4) is 0 Å². The van der Waals surface area contributed by atoms with E-state index in [0.717, 1.165) is 0 Å². The Morgan fingerprint density at radius 2 is 1.93 bits per heavy atom. The number of esters is 1. The summed E-state index contributed by atoms with van der Waals surface area (Å²) in [5, 5.41) is 11.8. The molecule has 2 rings (SSSR count). The third-order valence-electron chi connectivity index (χ3n) is 3.44. The number of rotatable bonds is 7. The number of ether oxygens (including phenoxy) is 3. The topological polar surface area (TPSA) is 97.7 Å². The van der Waals surface area contributed by atoms with Gasteiger partial charge >= 0.3 is 5.97 Å². The van der Waals surface area contributed by atoms with Crippen LogP contribution in [0.2, 0.25) is 5.02 Å². The number of methoxy groups -OCH3 is 1. The van der Waals surface area contributed by atoms with Crippen LogP contribution in [0, 0.1) is 11.3 Å². The highest BCUT2D eigenvalue weighted by molar-refractivity contribution is 6.31. The third-order valence-corrected chi connectivity index (χ3v) is 3.67. The fraction of sp³-hybridized carbons (Fsp3) is 0.211. The Kier molecular flexibility index (Phi) is 7.03. The molecule has 1 atom stereocenters. The summed E-state index contributed by atoms with van der Waals surface area (Å²) in [6, 6.07) is 13.0. The van der Waals surface area contributed by atoms with E-state index in [1.807, 2.05) is 6.07 Å². The zero-order chi connectivity index (χ0) is 19.8. The van der Waals surface area contributed by atoms with Crippen LogP contribution in [-0.4, -0.2) is 31.7 Å². The lowest BCUT2D eigenvalue weighted by molar-refractivity contribution is -0.155. The van der Waals surface area contributed by atoms with Gasteiger partial charge < -0.3 is 19.5 Å². The number of hydrogen-bond acceptors (Lipinski definition) is 6.